The predicted octanol–water partition coefficient (Wildman–Crippen LogP) is 3.12. The topological polar surface area (TPSA) is 17.1 Å². The number of rotatable bonds is 2. The molecular formula is C12H18O. The van der Waals surface area contributed by atoms with E-state index < -0.39 is 0 Å². The lowest BCUT2D eigenvalue weighted by molar-refractivity contribution is -0.112. The van der Waals surface area contributed by atoms with Crippen LogP contribution in [0.4, 0.5) is 0 Å². The van der Waals surface area contributed by atoms with Crippen molar-refractivity contribution in [3.8, 4) is 0 Å². The molecule has 13 heavy (non-hydrogen) atoms. The van der Waals surface area contributed by atoms with Crippen LogP contribution in [0.3, 0.4) is 0 Å². The fourth-order valence-electron chi connectivity index (χ4n) is 1.84. The molecule has 72 valence electrons. The molecule has 1 nitrogen and oxygen atoms in total. The van der Waals surface area contributed by atoms with Crippen LogP contribution < -0.4 is 0 Å². The Bertz CT molecular complexity index is 248. The molecule has 0 aliphatic heterocycles. The molecule has 1 aliphatic rings. The molecular weight excluding hydrogens is 160 g/mol. The minimum absolute atomic E-state index is 0.151. The third-order valence-electron chi connectivity index (χ3n) is 2.69. The Kier molecular flexibility index (Phi) is 3.47. The summed E-state index contributed by atoms with van der Waals surface area (Å²) in [5.74, 6) is 1.40. The summed E-state index contributed by atoms with van der Waals surface area (Å²) < 4.78 is 0. The highest BCUT2D eigenvalue weighted by Crippen LogP contribution is 2.29. The van der Waals surface area contributed by atoms with Crippen LogP contribution in [0.5, 0.6) is 0 Å². The predicted molar refractivity (Wildman–Crippen MR) is 55.5 cm³/mol. The third kappa shape index (κ3) is 3.17. The van der Waals surface area contributed by atoms with Crippen LogP contribution in [0, 0.1) is 11.8 Å². The van der Waals surface area contributed by atoms with E-state index in [9.17, 15) is 4.79 Å². The van der Waals surface area contributed by atoms with Crippen molar-refractivity contribution in [2.45, 2.75) is 33.6 Å². The summed E-state index contributed by atoms with van der Waals surface area (Å²) in [6, 6.07) is 0. The van der Waals surface area contributed by atoms with E-state index >= 15 is 0 Å². The number of allylic oxidation sites excluding steroid dienone is 4. The molecule has 0 radical (unpaired) electrons. The van der Waals surface area contributed by atoms with Gasteiger partial charge in [-0.15, -0.1) is 0 Å². The van der Waals surface area contributed by atoms with Gasteiger partial charge in [-0.3, -0.25) is 4.79 Å². The van der Waals surface area contributed by atoms with Crippen molar-refractivity contribution >= 4 is 5.78 Å². The molecule has 0 spiro atoms. The van der Waals surface area contributed by atoms with Gasteiger partial charge >= 0.3 is 0 Å². The first-order valence-corrected chi connectivity index (χ1v) is 4.94. The van der Waals surface area contributed by atoms with E-state index in [0.717, 1.165) is 6.42 Å². The second kappa shape index (κ2) is 4.40. The number of carbonyl (C=O) groups excluding carboxylic acids is 1. The maximum Gasteiger partial charge on any atom is 0.152 e. The molecule has 2 unspecified atom stereocenters. The van der Waals surface area contributed by atoms with Crippen molar-refractivity contribution in [3.05, 3.63) is 23.8 Å². The van der Waals surface area contributed by atoms with E-state index in [1.54, 1.807) is 13.0 Å². The van der Waals surface area contributed by atoms with Crippen molar-refractivity contribution in [3.63, 3.8) is 0 Å². The average Bonchev–Trinajstić information content (AvgIpc) is 2.02. The smallest absolute Gasteiger partial charge is 0.152 e. The third-order valence-corrected chi connectivity index (χ3v) is 2.69. The molecule has 0 aromatic rings. The lowest BCUT2D eigenvalue weighted by Crippen LogP contribution is -2.13. The van der Waals surface area contributed by atoms with Gasteiger partial charge in [-0.1, -0.05) is 24.6 Å². The molecule has 1 heteroatoms. The van der Waals surface area contributed by atoms with Crippen LogP contribution in [-0.4, -0.2) is 5.78 Å². The summed E-state index contributed by atoms with van der Waals surface area (Å²) in [4.78, 5) is 10.8. The first kappa shape index (κ1) is 10.2. The normalized spacial score (nSPS) is 29.0. The number of hydrogen-bond donors (Lipinski definition) is 0. The van der Waals surface area contributed by atoms with Gasteiger partial charge in [-0.25, -0.2) is 0 Å². The second-order valence-electron chi connectivity index (χ2n) is 4.10. The Morgan fingerprint density at radius 3 is 2.85 bits per heavy atom. The quantitative estimate of drug-likeness (QED) is 0.469. The highest BCUT2D eigenvalue weighted by molar-refractivity contribution is 5.87. The molecule has 0 saturated heterocycles. The SMILES string of the molecule is CC(=O)C=CC1CC=C(C)CC1C. The van der Waals surface area contributed by atoms with Crippen LogP contribution in [0.15, 0.2) is 23.8 Å². The van der Waals surface area contributed by atoms with Crippen molar-refractivity contribution in [1.29, 1.82) is 0 Å². The molecule has 0 heterocycles. The first-order valence-electron chi connectivity index (χ1n) is 4.94. The van der Waals surface area contributed by atoms with Gasteiger partial charge in [0.25, 0.3) is 0 Å². The number of carbonyl (C=O) groups is 1. The Morgan fingerprint density at radius 1 is 1.62 bits per heavy atom. The van der Waals surface area contributed by atoms with Crippen LogP contribution in [0.1, 0.15) is 33.6 Å². The largest absolute Gasteiger partial charge is 0.295 e. The average molecular weight is 178 g/mol. The minimum Gasteiger partial charge on any atom is -0.295 e. The van der Waals surface area contributed by atoms with Crippen molar-refractivity contribution in [2.75, 3.05) is 0 Å². The van der Waals surface area contributed by atoms with Gasteiger partial charge in [0.1, 0.15) is 0 Å². The molecule has 0 aromatic heterocycles. The molecule has 0 N–H and O–H groups in total. The molecule has 0 amide bonds. The summed E-state index contributed by atoms with van der Waals surface area (Å²) in [5.41, 5.74) is 1.49. The van der Waals surface area contributed by atoms with E-state index in [0.29, 0.717) is 11.8 Å². The van der Waals surface area contributed by atoms with Crippen LogP contribution in [-0.2, 0) is 4.79 Å². The van der Waals surface area contributed by atoms with E-state index in [1.807, 2.05) is 0 Å². The van der Waals surface area contributed by atoms with Gasteiger partial charge in [0.15, 0.2) is 5.78 Å². The zero-order valence-electron chi connectivity index (χ0n) is 8.71. The Balaban J connectivity index is 2.57. The van der Waals surface area contributed by atoms with Crippen LogP contribution in [0.2, 0.25) is 0 Å². The van der Waals surface area contributed by atoms with E-state index in [4.69, 9.17) is 0 Å². The maximum atomic E-state index is 10.8. The van der Waals surface area contributed by atoms with Gasteiger partial charge in [0.2, 0.25) is 0 Å². The van der Waals surface area contributed by atoms with Crippen LogP contribution in [0.25, 0.3) is 0 Å². The summed E-state index contributed by atoms with van der Waals surface area (Å²) in [6.45, 7) is 6.04. The maximum absolute atomic E-state index is 10.8. The second-order valence-corrected chi connectivity index (χ2v) is 4.10. The van der Waals surface area contributed by atoms with E-state index in [1.165, 1.54) is 12.0 Å². The minimum atomic E-state index is 0.151. The molecule has 0 aromatic carbocycles. The first-order chi connectivity index (χ1) is 6.09. The molecule has 1 rings (SSSR count). The van der Waals surface area contributed by atoms with Crippen molar-refractivity contribution < 1.29 is 4.79 Å². The molecule has 0 fully saturated rings. The fraction of sp³-hybridized carbons (Fsp3) is 0.583. The van der Waals surface area contributed by atoms with Gasteiger partial charge in [-0.2, -0.15) is 0 Å². The lowest BCUT2D eigenvalue weighted by atomic mass is 9.81. The highest BCUT2D eigenvalue weighted by atomic mass is 16.1. The summed E-state index contributed by atoms with van der Waals surface area (Å²) in [6.07, 6.45) is 8.32. The number of hydrogen-bond acceptors (Lipinski definition) is 1. The van der Waals surface area contributed by atoms with Gasteiger partial charge < -0.3 is 0 Å². The standard InChI is InChI=1S/C12H18O/c1-9-4-6-12(10(2)8-9)7-5-11(3)13/h4-5,7,10,12H,6,8H2,1-3H3. The Hall–Kier alpha value is -0.850. The van der Waals surface area contributed by atoms with Crippen LogP contribution >= 0.6 is 0 Å². The Morgan fingerprint density at radius 2 is 2.31 bits per heavy atom. The zero-order valence-corrected chi connectivity index (χ0v) is 8.71. The monoisotopic (exact) mass is 178 g/mol. The van der Waals surface area contributed by atoms with Crippen molar-refractivity contribution in [1.82, 2.24) is 0 Å². The summed E-state index contributed by atoms with van der Waals surface area (Å²) in [7, 11) is 0. The van der Waals surface area contributed by atoms with Gasteiger partial charge in [0.05, 0.1) is 0 Å². The zero-order chi connectivity index (χ0) is 9.84. The molecule has 2 atom stereocenters. The molecule has 0 saturated carbocycles. The number of ketones is 1. The highest BCUT2D eigenvalue weighted by Gasteiger charge is 2.17. The fourth-order valence-corrected chi connectivity index (χ4v) is 1.84. The molecule has 1 aliphatic carbocycles. The summed E-state index contributed by atoms with van der Waals surface area (Å²) >= 11 is 0. The van der Waals surface area contributed by atoms with E-state index in [2.05, 4.69) is 26.0 Å². The molecule has 0 bridgehead atoms. The van der Waals surface area contributed by atoms with Crippen molar-refractivity contribution in [2.24, 2.45) is 11.8 Å². The van der Waals surface area contributed by atoms with E-state index in [-0.39, 0.29) is 5.78 Å². The van der Waals surface area contributed by atoms with Gasteiger partial charge in [-0.05, 0) is 44.6 Å². The lowest BCUT2D eigenvalue weighted by Gasteiger charge is -2.24. The summed E-state index contributed by atoms with van der Waals surface area (Å²) in [5, 5.41) is 0. The Labute approximate surface area is 80.5 Å². The van der Waals surface area contributed by atoms with Gasteiger partial charge in [0, 0.05) is 0 Å².